The highest BCUT2D eigenvalue weighted by Gasteiger charge is 2.46. The number of hydrogen-bond acceptors (Lipinski definition) is 5. The predicted molar refractivity (Wildman–Crippen MR) is 105 cm³/mol. The monoisotopic (exact) mass is 377 g/mol. The van der Waals surface area contributed by atoms with Gasteiger partial charge in [-0.2, -0.15) is 0 Å². The van der Waals surface area contributed by atoms with Crippen LogP contribution in [0.25, 0.3) is 11.2 Å². The molecule has 7 heteroatoms. The van der Waals surface area contributed by atoms with Gasteiger partial charge in [0.05, 0.1) is 25.0 Å². The van der Waals surface area contributed by atoms with E-state index in [-0.39, 0.29) is 11.9 Å². The maximum Gasteiger partial charge on any atom is 0.256 e. The molecule has 0 unspecified atom stereocenters. The second kappa shape index (κ2) is 6.60. The number of imidazole rings is 1. The molecule has 7 nitrogen and oxygen atoms in total. The van der Waals surface area contributed by atoms with Gasteiger partial charge in [0.2, 0.25) is 0 Å². The van der Waals surface area contributed by atoms with E-state index >= 15 is 0 Å². The Labute approximate surface area is 163 Å². The third-order valence-electron chi connectivity index (χ3n) is 6.08. The molecule has 0 bridgehead atoms. The molecule has 2 aromatic heterocycles. The lowest BCUT2D eigenvalue weighted by Crippen LogP contribution is -2.34. The van der Waals surface area contributed by atoms with Crippen LogP contribution in [0.4, 0.5) is 0 Å². The van der Waals surface area contributed by atoms with Crippen molar-refractivity contribution in [3.05, 3.63) is 54.0 Å². The molecule has 3 atom stereocenters. The summed E-state index contributed by atoms with van der Waals surface area (Å²) in [5.74, 6) is 1.74. The first-order valence-corrected chi connectivity index (χ1v) is 9.58. The molecule has 1 amide bonds. The molecule has 2 saturated heterocycles. The lowest BCUT2D eigenvalue weighted by molar-refractivity contribution is 0.0714. The number of aromatic nitrogens is 3. The molecule has 144 valence electrons. The lowest BCUT2D eigenvalue weighted by Gasteiger charge is -2.28. The van der Waals surface area contributed by atoms with E-state index < -0.39 is 0 Å². The highest BCUT2D eigenvalue weighted by Crippen LogP contribution is 2.43. The van der Waals surface area contributed by atoms with Gasteiger partial charge in [0.1, 0.15) is 11.3 Å². The summed E-state index contributed by atoms with van der Waals surface area (Å²) < 4.78 is 7.15. The molecule has 2 aliphatic rings. The van der Waals surface area contributed by atoms with Crippen molar-refractivity contribution in [1.29, 1.82) is 0 Å². The van der Waals surface area contributed by atoms with E-state index in [2.05, 4.69) is 27.4 Å². The molecule has 5 rings (SSSR count). The van der Waals surface area contributed by atoms with Gasteiger partial charge in [-0.15, -0.1) is 0 Å². The number of carbonyl (C=O) groups excluding carboxylic acids is 1. The van der Waals surface area contributed by atoms with Crippen molar-refractivity contribution < 1.29 is 9.53 Å². The average Bonchev–Trinajstić information content (AvgIpc) is 3.42. The Morgan fingerprint density at radius 1 is 1.21 bits per heavy atom. The molecule has 3 aromatic rings. The molecule has 0 radical (unpaired) electrons. The molecule has 0 aliphatic carbocycles. The number of carbonyl (C=O) groups is 1. The van der Waals surface area contributed by atoms with Gasteiger partial charge in [-0.25, -0.2) is 9.97 Å². The van der Waals surface area contributed by atoms with Crippen molar-refractivity contribution in [3.8, 4) is 5.75 Å². The van der Waals surface area contributed by atoms with Gasteiger partial charge >= 0.3 is 0 Å². The van der Waals surface area contributed by atoms with E-state index in [9.17, 15) is 4.79 Å². The lowest BCUT2D eigenvalue weighted by atomic mass is 9.89. The van der Waals surface area contributed by atoms with Crippen LogP contribution in [0.15, 0.2) is 42.9 Å². The van der Waals surface area contributed by atoms with Gasteiger partial charge in [-0.05, 0) is 29.7 Å². The largest absolute Gasteiger partial charge is 0.497 e. The number of pyridine rings is 1. The number of rotatable bonds is 3. The number of methoxy groups -OCH3 is 1. The number of fused-ring (bicyclic) bond motifs is 2. The van der Waals surface area contributed by atoms with Gasteiger partial charge in [-0.1, -0.05) is 12.1 Å². The first-order chi connectivity index (χ1) is 13.7. The smallest absolute Gasteiger partial charge is 0.256 e. The predicted octanol–water partition coefficient (Wildman–Crippen LogP) is 2.01. The number of nitrogens with zero attached hydrogens (tertiary/aromatic N) is 4. The second-order valence-electron chi connectivity index (χ2n) is 7.68. The Bertz CT molecular complexity index is 1030. The summed E-state index contributed by atoms with van der Waals surface area (Å²) in [5, 5.41) is 3.48. The Hall–Kier alpha value is -2.93. The fourth-order valence-electron chi connectivity index (χ4n) is 4.66. The zero-order chi connectivity index (χ0) is 19.3. The van der Waals surface area contributed by atoms with Crippen molar-refractivity contribution >= 4 is 17.1 Å². The second-order valence-corrected chi connectivity index (χ2v) is 7.68. The summed E-state index contributed by atoms with van der Waals surface area (Å²) in [5.41, 5.74) is 3.27. The molecular formula is C21H23N5O2. The van der Waals surface area contributed by atoms with Crippen LogP contribution in [0.1, 0.15) is 22.0 Å². The van der Waals surface area contributed by atoms with Gasteiger partial charge in [0.25, 0.3) is 5.91 Å². The summed E-state index contributed by atoms with van der Waals surface area (Å²) in [6.45, 7) is 2.65. The van der Waals surface area contributed by atoms with Crippen molar-refractivity contribution in [2.24, 2.45) is 18.9 Å². The van der Waals surface area contributed by atoms with Crippen LogP contribution in [-0.2, 0) is 7.05 Å². The van der Waals surface area contributed by atoms with Crippen LogP contribution in [0.2, 0.25) is 0 Å². The summed E-state index contributed by atoms with van der Waals surface area (Å²) in [6, 6.07) is 9.99. The normalized spacial score (nSPS) is 23.9. The first-order valence-electron chi connectivity index (χ1n) is 9.58. The minimum absolute atomic E-state index is 0.0234. The number of likely N-dealkylation sites (tertiary alicyclic amines) is 1. The van der Waals surface area contributed by atoms with Gasteiger partial charge in [0, 0.05) is 38.8 Å². The van der Waals surface area contributed by atoms with Crippen LogP contribution in [0, 0.1) is 11.8 Å². The maximum absolute atomic E-state index is 13.4. The summed E-state index contributed by atoms with van der Waals surface area (Å²) in [6.07, 6.45) is 3.39. The van der Waals surface area contributed by atoms with Gasteiger partial charge in [-0.3, -0.25) is 4.79 Å². The van der Waals surface area contributed by atoms with Crippen LogP contribution in [0.5, 0.6) is 5.75 Å². The Morgan fingerprint density at radius 2 is 2.04 bits per heavy atom. The SMILES string of the molecule is COc1ccc([C@H]2[C@H]3CNC[C@H]3CN2C(=O)c2cnc3c(c2)ncn3C)cc1. The minimum atomic E-state index is 0.0234. The van der Waals surface area contributed by atoms with Crippen molar-refractivity contribution in [1.82, 2.24) is 24.8 Å². The summed E-state index contributed by atoms with van der Waals surface area (Å²) in [4.78, 5) is 24.3. The number of nitrogens with one attached hydrogen (secondary N) is 1. The van der Waals surface area contributed by atoms with Crippen LogP contribution < -0.4 is 10.1 Å². The fraction of sp³-hybridized carbons (Fsp3) is 0.381. The van der Waals surface area contributed by atoms with E-state index in [0.29, 0.717) is 17.4 Å². The van der Waals surface area contributed by atoms with E-state index in [0.717, 1.165) is 42.1 Å². The van der Waals surface area contributed by atoms with Crippen molar-refractivity contribution in [2.45, 2.75) is 6.04 Å². The van der Waals surface area contributed by atoms with E-state index in [4.69, 9.17) is 4.74 Å². The molecule has 1 aromatic carbocycles. The third-order valence-corrected chi connectivity index (χ3v) is 6.08. The minimum Gasteiger partial charge on any atom is -0.497 e. The topological polar surface area (TPSA) is 72.3 Å². The maximum atomic E-state index is 13.4. The molecule has 1 N–H and O–H groups in total. The van der Waals surface area contributed by atoms with Crippen molar-refractivity contribution in [3.63, 3.8) is 0 Å². The molecule has 0 saturated carbocycles. The van der Waals surface area contributed by atoms with Crippen LogP contribution in [0.3, 0.4) is 0 Å². The number of amides is 1. The molecule has 2 aliphatic heterocycles. The number of hydrogen-bond donors (Lipinski definition) is 1. The average molecular weight is 377 g/mol. The quantitative estimate of drug-likeness (QED) is 0.756. The third kappa shape index (κ3) is 2.65. The zero-order valence-corrected chi connectivity index (χ0v) is 16.0. The van der Waals surface area contributed by atoms with Crippen LogP contribution in [-0.4, -0.2) is 52.1 Å². The molecule has 4 heterocycles. The Morgan fingerprint density at radius 3 is 2.82 bits per heavy atom. The zero-order valence-electron chi connectivity index (χ0n) is 16.0. The number of aryl methyl sites for hydroxylation is 1. The highest BCUT2D eigenvalue weighted by atomic mass is 16.5. The Balaban J connectivity index is 1.50. The molecule has 28 heavy (non-hydrogen) atoms. The highest BCUT2D eigenvalue weighted by molar-refractivity contribution is 5.96. The molecule has 0 spiro atoms. The van der Waals surface area contributed by atoms with E-state index in [1.165, 1.54) is 0 Å². The van der Waals surface area contributed by atoms with E-state index in [1.807, 2.05) is 34.7 Å². The summed E-state index contributed by atoms with van der Waals surface area (Å²) in [7, 11) is 3.57. The number of benzene rings is 1. The van der Waals surface area contributed by atoms with Crippen molar-refractivity contribution in [2.75, 3.05) is 26.7 Å². The molecule has 2 fully saturated rings. The van der Waals surface area contributed by atoms with Gasteiger partial charge in [0.15, 0.2) is 5.65 Å². The van der Waals surface area contributed by atoms with Crippen LogP contribution >= 0.6 is 0 Å². The summed E-state index contributed by atoms with van der Waals surface area (Å²) >= 11 is 0. The molecular weight excluding hydrogens is 354 g/mol. The van der Waals surface area contributed by atoms with Gasteiger partial charge < -0.3 is 19.5 Å². The Kier molecular flexibility index (Phi) is 4.05. The van der Waals surface area contributed by atoms with E-state index in [1.54, 1.807) is 19.6 Å². The standard InChI is InChI=1S/C21H23N5O2/c1-25-12-24-18-7-14(9-23-20(18)25)21(27)26-11-15-8-22-10-17(15)19(26)13-3-5-16(28-2)6-4-13/h3-7,9,12,15,17,19,22H,8,10-11H2,1-2H3/t15-,17-,19-/m0/s1. The fourth-order valence-corrected chi connectivity index (χ4v) is 4.66. The first kappa shape index (κ1) is 17.2. The number of ether oxygens (including phenoxy) is 1.